The van der Waals surface area contributed by atoms with Crippen molar-refractivity contribution in [3.05, 3.63) is 52.4 Å². The van der Waals surface area contributed by atoms with Crippen LogP contribution < -0.4 is 0 Å². The number of amides is 1. The van der Waals surface area contributed by atoms with E-state index < -0.39 is 5.97 Å². The number of carbonyl (C=O) groups excluding carboxylic acids is 1. The number of thiocarbonyl (C=S) groups is 1. The molecule has 1 saturated heterocycles. The van der Waals surface area contributed by atoms with Crippen LogP contribution in [0.4, 0.5) is 4.39 Å². The second-order valence-electron chi connectivity index (χ2n) is 7.58. The van der Waals surface area contributed by atoms with Gasteiger partial charge in [0.1, 0.15) is 21.7 Å². The molecule has 0 radical (unpaired) electrons. The molecule has 0 spiro atoms. The molecule has 2 heterocycles. The van der Waals surface area contributed by atoms with Gasteiger partial charge in [0.05, 0.1) is 16.4 Å². The fourth-order valence-corrected chi connectivity index (χ4v) is 5.28. The summed E-state index contributed by atoms with van der Waals surface area (Å²) in [6.45, 7) is 1.82. The zero-order valence-electron chi connectivity index (χ0n) is 16.3. The average Bonchev–Trinajstić information content (AvgIpc) is 3.26. The third-order valence-electron chi connectivity index (χ3n) is 5.52. The molecule has 0 bridgehead atoms. The first kappa shape index (κ1) is 20.8. The first-order chi connectivity index (χ1) is 14.3. The molecule has 2 aromatic rings. The van der Waals surface area contributed by atoms with Crippen molar-refractivity contribution in [2.75, 3.05) is 0 Å². The van der Waals surface area contributed by atoms with Gasteiger partial charge >= 0.3 is 5.97 Å². The number of carbonyl (C=O) groups is 2. The SMILES string of the molecule is Cc1ccc(-c2ccc(/C=C3/SC(=S)N(C4CCC(C(=O)O)CC4)C3=O)o2)c(F)c1. The summed E-state index contributed by atoms with van der Waals surface area (Å²) < 4.78 is 20.4. The minimum Gasteiger partial charge on any atom is -0.481 e. The van der Waals surface area contributed by atoms with Gasteiger partial charge in [0, 0.05) is 12.1 Å². The number of aryl methyl sites for hydroxylation is 1. The van der Waals surface area contributed by atoms with Gasteiger partial charge in [0.25, 0.3) is 5.91 Å². The van der Waals surface area contributed by atoms with Crippen molar-refractivity contribution in [2.45, 2.75) is 38.6 Å². The van der Waals surface area contributed by atoms with E-state index >= 15 is 0 Å². The molecule has 2 aliphatic rings. The maximum atomic E-state index is 14.2. The summed E-state index contributed by atoms with van der Waals surface area (Å²) in [6, 6.07) is 8.22. The van der Waals surface area contributed by atoms with Crippen molar-refractivity contribution < 1.29 is 23.5 Å². The van der Waals surface area contributed by atoms with E-state index in [1.54, 1.807) is 29.2 Å². The highest BCUT2D eigenvalue weighted by Gasteiger charge is 2.39. The number of hydrogen-bond acceptors (Lipinski definition) is 5. The molecule has 30 heavy (non-hydrogen) atoms. The van der Waals surface area contributed by atoms with Crippen molar-refractivity contribution in [2.24, 2.45) is 5.92 Å². The van der Waals surface area contributed by atoms with Gasteiger partial charge in [-0.25, -0.2) is 4.39 Å². The Bertz CT molecular complexity index is 1050. The number of carboxylic acids is 1. The molecular formula is C22H20FNO4S2. The smallest absolute Gasteiger partial charge is 0.306 e. The van der Waals surface area contributed by atoms with E-state index in [0.29, 0.717) is 52.0 Å². The lowest BCUT2D eigenvalue weighted by Crippen LogP contribution is -2.41. The average molecular weight is 446 g/mol. The molecule has 1 aromatic heterocycles. The number of benzene rings is 1. The predicted octanol–water partition coefficient (Wildman–Crippen LogP) is 5.24. The summed E-state index contributed by atoms with van der Waals surface area (Å²) in [7, 11) is 0. The lowest BCUT2D eigenvalue weighted by atomic mass is 9.85. The number of halogens is 1. The Kier molecular flexibility index (Phi) is 5.79. The highest BCUT2D eigenvalue weighted by molar-refractivity contribution is 8.26. The van der Waals surface area contributed by atoms with Crippen molar-refractivity contribution in [1.82, 2.24) is 4.90 Å². The Morgan fingerprint density at radius 1 is 1.27 bits per heavy atom. The molecule has 1 aliphatic heterocycles. The van der Waals surface area contributed by atoms with Crippen LogP contribution in [-0.2, 0) is 9.59 Å². The van der Waals surface area contributed by atoms with Gasteiger partial charge in [-0.05, 0) is 62.4 Å². The summed E-state index contributed by atoms with van der Waals surface area (Å²) in [5, 5.41) is 9.16. The molecule has 8 heteroatoms. The van der Waals surface area contributed by atoms with Crippen molar-refractivity contribution in [3.8, 4) is 11.3 Å². The summed E-state index contributed by atoms with van der Waals surface area (Å²) >= 11 is 6.62. The fraction of sp³-hybridized carbons (Fsp3) is 0.318. The van der Waals surface area contributed by atoms with Crippen LogP contribution in [0, 0.1) is 18.7 Å². The molecule has 1 aromatic carbocycles. The topological polar surface area (TPSA) is 70.8 Å². The van der Waals surface area contributed by atoms with Gasteiger partial charge in [0.15, 0.2) is 0 Å². The quantitative estimate of drug-likeness (QED) is 0.513. The second kappa shape index (κ2) is 8.35. The Morgan fingerprint density at radius 3 is 2.67 bits per heavy atom. The lowest BCUT2D eigenvalue weighted by molar-refractivity contribution is -0.143. The normalized spacial score (nSPS) is 23.4. The van der Waals surface area contributed by atoms with Crippen molar-refractivity contribution in [3.63, 3.8) is 0 Å². The number of aliphatic carboxylic acids is 1. The first-order valence-electron chi connectivity index (χ1n) is 9.69. The van der Waals surface area contributed by atoms with E-state index in [4.69, 9.17) is 21.7 Å². The standard InChI is InChI=1S/C22H20FNO4S2/c1-12-2-8-16(17(23)10-12)18-9-7-15(28-18)11-19-20(25)24(22(29)30-19)14-5-3-13(4-6-14)21(26)27/h2,7-11,13-14H,3-6H2,1H3,(H,26,27)/b19-11+. The third kappa shape index (κ3) is 4.06. The maximum absolute atomic E-state index is 14.2. The summed E-state index contributed by atoms with van der Waals surface area (Å²) in [4.78, 5) is 26.1. The van der Waals surface area contributed by atoms with Crippen molar-refractivity contribution in [1.29, 1.82) is 0 Å². The zero-order valence-corrected chi connectivity index (χ0v) is 17.9. The number of nitrogens with zero attached hydrogens (tertiary/aromatic N) is 1. The van der Waals surface area contributed by atoms with E-state index in [1.807, 2.05) is 13.0 Å². The highest BCUT2D eigenvalue weighted by Crippen LogP contribution is 2.39. The number of furan rings is 1. The second-order valence-corrected chi connectivity index (χ2v) is 9.26. The lowest BCUT2D eigenvalue weighted by Gasteiger charge is -2.32. The van der Waals surface area contributed by atoms with Gasteiger partial charge in [-0.15, -0.1) is 0 Å². The molecule has 156 valence electrons. The van der Waals surface area contributed by atoms with Crippen LogP contribution in [0.3, 0.4) is 0 Å². The maximum Gasteiger partial charge on any atom is 0.306 e. The molecule has 1 N–H and O–H groups in total. The predicted molar refractivity (Wildman–Crippen MR) is 117 cm³/mol. The molecule has 4 rings (SSSR count). The van der Waals surface area contributed by atoms with Gasteiger partial charge in [0.2, 0.25) is 0 Å². The molecule has 5 nitrogen and oxygen atoms in total. The molecule has 1 saturated carbocycles. The molecule has 1 aliphatic carbocycles. The van der Waals surface area contributed by atoms with Crippen LogP contribution in [0.15, 0.2) is 39.7 Å². The molecule has 1 amide bonds. The number of hydrogen-bond donors (Lipinski definition) is 1. The van der Waals surface area contributed by atoms with Crippen molar-refractivity contribution >= 4 is 46.3 Å². The van der Waals surface area contributed by atoms with Gasteiger partial charge in [-0.1, -0.05) is 30.0 Å². The van der Waals surface area contributed by atoms with Crippen LogP contribution in [0.5, 0.6) is 0 Å². The number of carboxylic acid groups (broad SMARTS) is 1. The molecule has 0 unspecified atom stereocenters. The summed E-state index contributed by atoms with van der Waals surface area (Å²) in [5.41, 5.74) is 1.19. The molecular weight excluding hydrogens is 425 g/mol. The highest BCUT2D eigenvalue weighted by atomic mass is 32.2. The molecule has 0 atom stereocenters. The minimum absolute atomic E-state index is 0.0761. The van der Waals surface area contributed by atoms with Crippen LogP contribution in [0.25, 0.3) is 17.4 Å². The fourth-order valence-electron chi connectivity index (χ4n) is 3.90. The van der Waals surface area contributed by atoms with E-state index in [2.05, 4.69) is 0 Å². The number of thioether (sulfide) groups is 1. The van der Waals surface area contributed by atoms with E-state index in [0.717, 1.165) is 5.56 Å². The van der Waals surface area contributed by atoms with Crippen LogP contribution >= 0.6 is 24.0 Å². The first-order valence-corrected chi connectivity index (χ1v) is 10.9. The number of rotatable bonds is 4. The Hall–Kier alpha value is -2.45. The Labute approximate surface area is 182 Å². The Balaban J connectivity index is 1.50. The largest absolute Gasteiger partial charge is 0.481 e. The van der Waals surface area contributed by atoms with Gasteiger partial charge < -0.3 is 9.52 Å². The summed E-state index contributed by atoms with van der Waals surface area (Å²) in [6.07, 6.45) is 3.94. The Morgan fingerprint density at radius 2 is 2.00 bits per heavy atom. The zero-order chi connectivity index (χ0) is 21.4. The van der Waals surface area contributed by atoms with E-state index in [9.17, 15) is 14.0 Å². The summed E-state index contributed by atoms with van der Waals surface area (Å²) in [5.74, 6) is -0.847. The van der Waals surface area contributed by atoms with E-state index in [1.165, 1.54) is 17.8 Å². The van der Waals surface area contributed by atoms with Gasteiger partial charge in [-0.2, -0.15) is 0 Å². The molecule has 2 fully saturated rings. The minimum atomic E-state index is -0.780. The van der Waals surface area contributed by atoms with Gasteiger partial charge in [-0.3, -0.25) is 14.5 Å². The monoisotopic (exact) mass is 445 g/mol. The third-order valence-corrected chi connectivity index (χ3v) is 6.86. The van der Waals surface area contributed by atoms with Crippen LogP contribution in [-0.4, -0.2) is 32.2 Å². The van der Waals surface area contributed by atoms with Crippen LogP contribution in [0.1, 0.15) is 37.0 Å². The van der Waals surface area contributed by atoms with E-state index in [-0.39, 0.29) is 23.7 Å². The van der Waals surface area contributed by atoms with Crippen LogP contribution in [0.2, 0.25) is 0 Å².